The van der Waals surface area contributed by atoms with E-state index in [9.17, 15) is 4.79 Å². The fraction of sp³-hybridized carbons (Fsp3) is 0.308. The van der Waals surface area contributed by atoms with Crippen molar-refractivity contribution in [3.63, 3.8) is 0 Å². The zero-order chi connectivity index (χ0) is 12.8. The summed E-state index contributed by atoms with van der Waals surface area (Å²) in [6, 6.07) is 5.71. The fourth-order valence-electron chi connectivity index (χ4n) is 1.41. The minimum Gasteiger partial charge on any atom is -0.463 e. The fourth-order valence-corrected chi connectivity index (χ4v) is 1.41. The Balaban J connectivity index is 2.74. The van der Waals surface area contributed by atoms with Crippen molar-refractivity contribution in [1.82, 2.24) is 0 Å². The molecule has 0 aliphatic rings. The lowest BCUT2D eigenvalue weighted by atomic mass is 10.2. The van der Waals surface area contributed by atoms with Gasteiger partial charge in [0, 0.05) is 11.8 Å². The topological polar surface area (TPSA) is 64.3 Å². The number of rotatable bonds is 4. The average molecular weight is 234 g/mol. The summed E-state index contributed by atoms with van der Waals surface area (Å²) in [6.07, 6.45) is 1.41. The lowest BCUT2D eigenvalue weighted by Gasteiger charge is -2.10. The van der Waals surface area contributed by atoms with Crippen LogP contribution < -0.4 is 11.1 Å². The molecule has 0 amide bonds. The Morgan fingerprint density at radius 3 is 2.82 bits per heavy atom. The van der Waals surface area contributed by atoms with Gasteiger partial charge in [0.15, 0.2) is 0 Å². The first-order chi connectivity index (χ1) is 8.02. The first kappa shape index (κ1) is 13.1. The second-order valence-corrected chi connectivity index (χ2v) is 3.80. The van der Waals surface area contributed by atoms with Crippen molar-refractivity contribution in [1.29, 1.82) is 0 Å². The van der Waals surface area contributed by atoms with Gasteiger partial charge in [-0.3, -0.25) is 0 Å². The van der Waals surface area contributed by atoms with Gasteiger partial charge >= 0.3 is 5.97 Å². The number of hydrogen-bond donors (Lipinski definition) is 2. The van der Waals surface area contributed by atoms with Crippen molar-refractivity contribution < 1.29 is 9.53 Å². The quantitative estimate of drug-likeness (QED) is 0.477. The van der Waals surface area contributed by atoms with Gasteiger partial charge in [0.2, 0.25) is 0 Å². The van der Waals surface area contributed by atoms with Crippen LogP contribution in [0.4, 0.5) is 11.4 Å². The highest BCUT2D eigenvalue weighted by Crippen LogP contribution is 2.20. The number of hydrogen-bond acceptors (Lipinski definition) is 4. The third-order valence-electron chi connectivity index (χ3n) is 2.16. The average Bonchev–Trinajstić information content (AvgIpc) is 2.22. The molecule has 1 aromatic rings. The van der Waals surface area contributed by atoms with Crippen LogP contribution in [-0.4, -0.2) is 12.6 Å². The highest BCUT2D eigenvalue weighted by atomic mass is 16.5. The van der Waals surface area contributed by atoms with Crippen LogP contribution in [0.25, 0.3) is 0 Å². The number of benzene rings is 1. The zero-order valence-corrected chi connectivity index (χ0v) is 10.4. The number of aryl methyl sites for hydroxylation is 1. The first-order valence-corrected chi connectivity index (χ1v) is 5.51. The van der Waals surface area contributed by atoms with Crippen LogP contribution in [0.2, 0.25) is 0 Å². The second-order valence-electron chi connectivity index (χ2n) is 3.80. The van der Waals surface area contributed by atoms with Crippen LogP contribution in [0.3, 0.4) is 0 Å². The molecule has 0 fully saturated rings. The van der Waals surface area contributed by atoms with Gasteiger partial charge in [-0.15, -0.1) is 0 Å². The molecule has 0 aliphatic heterocycles. The van der Waals surface area contributed by atoms with Crippen LogP contribution in [0, 0.1) is 6.92 Å². The van der Waals surface area contributed by atoms with E-state index in [1.165, 1.54) is 6.08 Å². The van der Waals surface area contributed by atoms with Crippen molar-refractivity contribution in [3.05, 3.63) is 35.5 Å². The number of carbonyl (C=O) groups is 1. The van der Waals surface area contributed by atoms with E-state index in [1.807, 2.05) is 25.1 Å². The summed E-state index contributed by atoms with van der Waals surface area (Å²) in [5.41, 5.74) is 9.08. The number of anilines is 2. The molecular formula is C13H18N2O2. The number of allylic oxidation sites excluding steroid dienone is 1. The molecule has 0 atom stereocenters. The van der Waals surface area contributed by atoms with Gasteiger partial charge in [0.25, 0.3) is 0 Å². The molecule has 0 saturated carbocycles. The number of esters is 1. The van der Waals surface area contributed by atoms with E-state index in [0.29, 0.717) is 18.0 Å². The van der Waals surface area contributed by atoms with Gasteiger partial charge in [-0.25, -0.2) is 4.79 Å². The number of ether oxygens (including phenoxy) is 1. The van der Waals surface area contributed by atoms with E-state index in [4.69, 9.17) is 10.5 Å². The van der Waals surface area contributed by atoms with E-state index in [0.717, 1.165) is 11.3 Å². The van der Waals surface area contributed by atoms with E-state index in [1.54, 1.807) is 13.8 Å². The van der Waals surface area contributed by atoms with Gasteiger partial charge in [-0.05, 0) is 38.5 Å². The molecule has 0 bridgehead atoms. The maximum Gasteiger partial charge on any atom is 0.332 e. The van der Waals surface area contributed by atoms with E-state index in [-0.39, 0.29) is 5.97 Å². The van der Waals surface area contributed by atoms with Crippen LogP contribution in [-0.2, 0) is 9.53 Å². The highest BCUT2D eigenvalue weighted by molar-refractivity contribution is 5.83. The Hall–Kier alpha value is -1.97. The monoisotopic (exact) mass is 234 g/mol. The summed E-state index contributed by atoms with van der Waals surface area (Å²) in [5.74, 6) is -0.358. The molecule has 0 spiro atoms. The SMILES string of the molecule is CCOC(=O)/C=C(/C)Nc1ccc(C)cc1N. The molecule has 92 valence electrons. The predicted octanol–water partition coefficient (Wildman–Crippen LogP) is 2.46. The molecule has 4 nitrogen and oxygen atoms in total. The molecule has 0 saturated heterocycles. The van der Waals surface area contributed by atoms with E-state index in [2.05, 4.69) is 5.32 Å². The largest absolute Gasteiger partial charge is 0.463 e. The molecular weight excluding hydrogens is 216 g/mol. The molecule has 3 N–H and O–H groups in total. The van der Waals surface area contributed by atoms with Crippen molar-refractivity contribution in [2.45, 2.75) is 20.8 Å². The van der Waals surface area contributed by atoms with Crippen molar-refractivity contribution in [2.24, 2.45) is 0 Å². The molecule has 0 unspecified atom stereocenters. The molecule has 17 heavy (non-hydrogen) atoms. The Kier molecular flexibility index (Phi) is 4.57. The van der Waals surface area contributed by atoms with Crippen molar-refractivity contribution in [2.75, 3.05) is 17.7 Å². The third kappa shape index (κ3) is 4.18. The van der Waals surface area contributed by atoms with Crippen molar-refractivity contribution >= 4 is 17.3 Å². The van der Waals surface area contributed by atoms with Crippen LogP contribution in [0.1, 0.15) is 19.4 Å². The van der Waals surface area contributed by atoms with Gasteiger partial charge in [-0.1, -0.05) is 6.07 Å². The lowest BCUT2D eigenvalue weighted by molar-refractivity contribution is -0.137. The Morgan fingerprint density at radius 1 is 1.53 bits per heavy atom. The van der Waals surface area contributed by atoms with Gasteiger partial charge < -0.3 is 15.8 Å². The zero-order valence-electron chi connectivity index (χ0n) is 10.4. The standard InChI is InChI=1S/C13H18N2O2/c1-4-17-13(16)8-10(3)15-12-6-5-9(2)7-11(12)14/h5-8,15H,4,14H2,1-3H3/b10-8-. The molecule has 0 aromatic heterocycles. The van der Waals surface area contributed by atoms with Crippen LogP contribution in [0.5, 0.6) is 0 Å². The van der Waals surface area contributed by atoms with Crippen LogP contribution >= 0.6 is 0 Å². The number of nitrogens with two attached hydrogens (primary N) is 1. The summed E-state index contributed by atoms with van der Waals surface area (Å²) in [7, 11) is 0. The molecule has 1 aromatic carbocycles. The molecule has 1 rings (SSSR count). The molecule has 0 heterocycles. The minimum atomic E-state index is -0.358. The van der Waals surface area contributed by atoms with E-state index < -0.39 is 0 Å². The normalized spacial score (nSPS) is 11.1. The summed E-state index contributed by atoms with van der Waals surface area (Å²) in [6.45, 7) is 5.90. The summed E-state index contributed by atoms with van der Waals surface area (Å²) >= 11 is 0. The number of nitrogens with one attached hydrogen (secondary N) is 1. The summed E-state index contributed by atoms with van der Waals surface area (Å²) in [5, 5.41) is 3.06. The molecule has 4 heteroatoms. The lowest BCUT2D eigenvalue weighted by Crippen LogP contribution is -2.05. The smallest absolute Gasteiger partial charge is 0.332 e. The van der Waals surface area contributed by atoms with E-state index >= 15 is 0 Å². The maximum atomic E-state index is 11.2. The molecule has 0 aliphatic carbocycles. The highest BCUT2D eigenvalue weighted by Gasteiger charge is 2.01. The Labute approximate surface area is 101 Å². The Morgan fingerprint density at radius 2 is 2.24 bits per heavy atom. The number of nitrogen functional groups attached to an aromatic ring is 1. The predicted molar refractivity (Wildman–Crippen MR) is 69.6 cm³/mol. The minimum absolute atomic E-state index is 0.358. The van der Waals surface area contributed by atoms with Crippen molar-refractivity contribution in [3.8, 4) is 0 Å². The second kappa shape index (κ2) is 5.94. The summed E-state index contributed by atoms with van der Waals surface area (Å²) in [4.78, 5) is 11.2. The number of carbonyl (C=O) groups excluding carboxylic acids is 1. The Bertz CT molecular complexity index is 439. The van der Waals surface area contributed by atoms with Gasteiger partial charge in [-0.2, -0.15) is 0 Å². The van der Waals surface area contributed by atoms with Gasteiger partial charge in [0.1, 0.15) is 0 Å². The third-order valence-corrected chi connectivity index (χ3v) is 2.16. The molecule has 0 radical (unpaired) electrons. The maximum absolute atomic E-state index is 11.2. The first-order valence-electron chi connectivity index (χ1n) is 5.51. The summed E-state index contributed by atoms with van der Waals surface area (Å²) < 4.78 is 4.81. The van der Waals surface area contributed by atoms with Crippen LogP contribution in [0.15, 0.2) is 30.0 Å². The van der Waals surface area contributed by atoms with Gasteiger partial charge in [0.05, 0.1) is 18.0 Å².